The zero-order valence-electron chi connectivity index (χ0n) is 18.0. The van der Waals surface area contributed by atoms with Gasteiger partial charge in [-0.3, -0.25) is 5.10 Å². The third-order valence-corrected chi connectivity index (χ3v) is 5.94. The Labute approximate surface area is 185 Å². The Bertz CT molecular complexity index is 1250. The standard InChI is InChI=1S/C22H26ClN7O/c1-12-8-29(9-13(2)24-12)16-6-17(23)20-18(7-16)27-28-21(20)26-15-5-19(31-4)22-25-14(3)10-30(22)11-15/h5-7,10-13,24H,8-9H2,1-4H3,(H2,26,27,28)/t12-,13-/m0/s1. The van der Waals surface area contributed by atoms with Crippen molar-refractivity contribution in [1.82, 2.24) is 24.9 Å². The molecular weight excluding hydrogens is 414 g/mol. The number of imidazole rings is 1. The third kappa shape index (κ3) is 3.66. The number of hydrogen-bond donors (Lipinski definition) is 3. The molecule has 162 valence electrons. The van der Waals surface area contributed by atoms with E-state index in [1.807, 2.05) is 35.9 Å². The number of piperazine rings is 1. The zero-order chi connectivity index (χ0) is 21.7. The Morgan fingerprint density at radius 1 is 1.16 bits per heavy atom. The number of benzene rings is 1. The molecule has 2 atom stereocenters. The summed E-state index contributed by atoms with van der Waals surface area (Å²) in [5, 5.41) is 16.1. The maximum Gasteiger partial charge on any atom is 0.180 e. The summed E-state index contributed by atoms with van der Waals surface area (Å²) in [6, 6.07) is 6.91. The summed E-state index contributed by atoms with van der Waals surface area (Å²) in [6.45, 7) is 8.24. The van der Waals surface area contributed by atoms with Crippen LogP contribution in [0.15, 0.2) is 30.6 Å². The quantitative estimate of drug-likeness (QED) is 0.444. The van der Waals surface area contributed by atoms with Gasteiger partial charge in [-0.25, -0.2) is 4.98 Å². The molecule has 3 aromatic heterocycles. The van der Waals surface area contributed by atoms with E-state index in [9.17, 15) is 0 Å². The number of anilines is 3. The van der Waals surface area contributed by atoms with Crippen molar-refractivity contribution in [3.8, 4) is 5.75 Å². The first-order valence-electron chi connectivity index (χ1n) is 10.4. The minimum Gasteiger partial charge on any atom is -0.493 e. The smallest absolute Gasteiger partial charge is 0.180 e. The first kappa shape index (κ1) is 20.0. The molecule has 3 N–H and O–H groups in total. The van der Waals surface area contributed by atoms with Crippen molar-refractivity contribution in [3.63, 3.8) is 0 Å². The molecule has 8 nitrogen and oxygen atoms in total. The number of nitrogens with one attached hydrogen (secondary N) is 3. The third-order valence-electron chi connectivity index (χ3n) is 5.64. The predicted octanol–water partition coefficient (Wildman–Crippen LogP) is 4.11. The van der Waals surface area contributed by atoms with Gasteiger partial charge in [0.2, 0.25) is 0 Å². The van der Waals surface area contributed by atoms with Crippen molar-refractivity contribution in [2.24, 2.45) is 0 Å². The molecule has 9 heteroatoms. The van der Waals surface area contributed by atoms with Gasteiger partial charge in [0, 0.05) is 49.3 Å². The van der Waals surface area contributed by atoms with E-state index in [1.54, 1.807) is 7.11 Å². The lowest BCUT2D eigenvalue weighted by molar-refractivity contribution is 0.407. The monoisotopic (exact) mass is 439 g/mol. The van der Waals surface area contributed by atoms with Crippen LogP contribution >= 0.6 is 11.6 Å². The summed E-state index contributed by atoms with van der Waals surface area (Å²) < 4.78 is 7.47. The van der Waals surface area contributed by atoms with Crippen LogP contribution in [-0.4, -0.2) is 51.9 Å². The number of pyridine rings is 1. The lowest BCUT2D eigenvalue weighted by Gasteiger charge is -2.37. The van der Waals surface area contributed by atoms with Gasteiger partial charge in [-0.15, -0.1) is 0 Å². The molecule has 0 saturated carbocycles. The number of hydrogen-bond acceptors (Lipinski definition) is 6. The van der Waals surface area contributed by atoms with E-state index in [0.717, 1.165) is 46.7 Å². The van der Waals surface area contributed by atoms with E-state index in [4.69, 9.17) is 16.3 Å². The van der Waals surface area contributed by atoms with Crippen LogP contribution in [0.1, 0.15) is 19.5 Å². The Morgan fingerprint density at radius 3 is 2.68 bits per heavy atom. The second-order valence-corrected chi connectivity index (χ2v) is 8.74. The van der Waals surface area contributed by atoms with E-state index in [-0.39, 0.29) is 0 Å². The van der Waals surface area contributed by atoms with E-state index in [1.165, 1.54) is 0 Å². The highest BCUT2D eigenvalue weighted by atomic mass is 35.5. The molecule has 0 bridgehead atoms. The first-order valence-corrected chi connectivity index (χ1v) is 10.8. The molecule has 0 amide bonds. The maximum atomic E-state index is 6.74. The fourth-order valence-corrected chi connectivity index (χ4v) is 4.75. The van der Waals surface area contributed by atoms with Gasteiger partial charge in [0.25, 0.3) is 0 Å². The number of ether oxygens (including phenoxy) is 1. The van der Waals surface area contributed by atoms with Crippen molar-refractivity contribution in [1.29, 1.82) is 0 Å². The van der Waals surface area contributed by atoms with Gasteiger partial charge >= 0.3 is 0 Å². The number of aromatic amines is 1. The first-order chi connectivity index (χ1) is 14.9. The average molecular weight is 440 g/mol. The summed E-state index contributed by atoms with van der Waals surface area (Å²) in [4.78, 5) is 6.88. The van der Waals surface area contributed by atoms with Gasteiger partial charge in [0.15, 0.2) is 17.2 Å². The SMILES string of the molecule is COc1cc(Nc2n[nH]c3cc(N4C[C@H](C)N[C@@H](C)C4)cc(Cl)c23)cn2cc(C)nc12. The molecule has 1 aliphatic rings. The molecule has 0 spiro atoms. The number of fused-ring (bicyclic) bond motifs is 2. The second kappa shape index (κ2) is 7.62. The molecular formula is C22H26ClN7O. The number of aryl methyl sites for hydroxylation is 1. The fourth-order valence-electron chi connectivity index (χ4n) is 4.45. The van der Waals surface area contributed by atoms with E-state index >= 15 is 0 Å². The Morgan fingerprint density at radius 2 is 1.94 bits per heavy atom. The van der Waals surface area contributed by atoms with Crippen molar-refractivity contribution < 1.29 is 4.74 Å². The number of H-pyrrole nitrogens is 1. The van der Waals surface area contributed by atoms with Gasteiger partial charge in [0.1, 0.15) is 0 Å². The van der Waals surface area contributed by atoms with Crippen molar-refractivity contribution in [2.75, 3.05) is 30.4 Å². The van der Waals surface area contributed by atoms with E-state index in [2.05, 4.69) is 50.6 Å². The van der Waals surface area contributed by atoms with Crippen molar-refractivity contribution in [2.45, 2.75) is 32.9 Å². The largest absolute Gasteiger partial charge is 0.493 e. The van der Waals surface area contributed by atoms with Crippen molar-refractivity contribution >= 4 is 45.3 Å². The summed E-state index contributed by atoms with van der Waals surface area (Å²) in [6.07, 6.45) is 3.92. The summed E-state index contributed by atoms with van der Waals surface area (Å²) >= 11 is 6.74. The Balaban J connectivity index is 1.50. The minimum atomic E-state index is 0.425. The molecule has 1 fully saturated rings. The Hall–Kier alpha value is -2.97. The normalized spacial score (nSPS) is 19.3. The molecule has 0 radical (unpaired) electrons. The fraction of sp³-hybridized carbons (Fsp3) is 0.364. The van der Waals surface area contributed by atoms with Gasteiger partial charge in [0.05, 0.1) is 34.4 Å². The van der Waals surface area contributed by atoms with Crippen LogP contribution in [0.25, 0.3) is 16.6 Å². The summed E-state index contributed by atoms with van der Waals surface area (Å²) in [5.74, 6) is 1.36. The highest BCUT2D eigenvalue weighted by Gasteiger charge is 2.23. The molecule has 0 aliphatic carbocycles. The van der Waals surface area contributed by atoms with E-state index < -0.39 is 0 Å². The molecule has 1 aliphatic heterocycles. The predicted molar refractivity (Wildman–Crippen MR) is 125 cm³/mol. The molecule has 1 aromatic carbocycles. The molecule has 1 saturated heterocycles. The van der Waals surface area contributed by atoms with Gasteiger partial charge in [-0.2, -0.15) is 5.10 Å². The number of aromatic nitrogens is 4. The topological polar surface area (TPSA) is 82.5 Å². The van der Waals surface area contributed by atoms with Gasteiger partial charge in [-0.05, 0) is 32.9 Å². The van der Waals surface area contributed by atoms with Crippen LogP contribution in [-0.2, 0) is 0 Å². The van der Waals surface area contributed by atoms with Crippen LogP contribution in [0, 0.1) is 6.92 Å². The second-order valence-electron chi connectivity index (χ2n) is 8.33. The lowest BCUT2D eigenvalue weighted by atomic mass is 10.1. The number of halogens is 1. The van der Waals surface area contributed by atoms with Crippen LogP contribution in [0.5, 0.6) is 5.75 Å². The highest BCUT2D eigenvalue weighted by molar-refractivity contribution is 6.36. The highest BCUT2D eigenvalue weighted by Crippen LogP contribution is 2.35. The molecule has 4 aromatic rings. The number of methoxy groups -OCH3 is 1. The van der Waals surface area contributed by atoms with Gasteiger partial charge < -0.3 is 24.7 Å². The van der Waals surface area contributed by atoms with Crippen LogP contribution in [0.2, 0.25) is 5.02 Å². The number of nitrogens with zero attached hydrogens (tertiary/aromatic N) is 4. The lowest BCUT2D eigenvalue weighted by Crippen LogP contribution is -2.54. The summed E-state index contributed by atoms with van der Waals surface area (Å²) in [7, 11) is 1.64. The molecule has 0 unspecified atom stereocenters. The minimum absolute atomic E-state index is 0.425. The summed E-state index contributed by atoms with van der Waals surface area (Å²) in [5.41, 5.74) is 4.53. The zero-order valence-corrected chi connectivity index (χ0v) is 18.8. The van der Waals surface area contributed by atoms with Crippen molar-refractivity contribution in [3.05, 3.63) is 41.3 Å². The van der Waals surface area contributed by atoms with Crippen LogP contribution in [0.3, 0.4) is 0 Å². The van der Waals surface area contributed by atoms with Crippen LogP contribution < -0.4 is 20.3 Å². The van der Waals surface area contributed by atoms with Crippen LogP contribution in [0.4, 0.5) is 17.2 Å². The molecule has 31 heavy (non-hydrogen) atoms. The van der Waals surface area contributed by atoms with Gasteiger partial charge in [-0.1, -0.05) is 11.6 Å². The molecule has 4 heterocycles. The number of rotatable bonds is 4. The average Bonchev–Trinajstić information content (AvgIpc) is 3.29. The Kier molecular flexibility index (Phi) is 4.91. The maximum absolute atomic E-state index is 6.74. The van der Waals surface area contributed by atoms with E-state index in [0.29, 0.717) is 28.7 Å². The molecule has 5 rings (SSSR count).